The van der Waals surface area contributed by atoms with Crippen LogP contribution >= 0.6 is 0 Å². The first-order chi connectivity index (χ1) is 9.49. The number of hydrogen-bond acceptors (Lipinski definition) is 4. The van der Waals surface area contributed by atoms with Crippen molar-refractivity contribution in [3.05, 3.63) is 0 Å². The molecule has 0 aromatic heterocycles. The van der Waals surface area contributed by atoms with E-state index in [0.29, 0.717) is 13.0 Å². The van der Waals surface area contributed by atoms with Crippen LogP contribution in [0.2, 0.25) is 0 Å². The van der Waals surface area contributed by atoms with E-state index in [1.165, 1.54) is 0 Å². The molecule has 1 rings (SSSR count). The van der Waals surface area contributed by atoms with Crippen molar-refractivity contribution in [1.82, 2.24) is 15.5 Å². The lowest BCUT2D eigenvalue weighted by Crippen LogP contribution is -2.48. The molecule has 0 spiro atoms. The van der Waals surface area contributed by atoms with Gasteiger partial charge in [0.1, 0.15) is 6.04 Å². The van der Waals surface area contributed by atoms with Crippen molar-refractivity contribution in [1.29, 1.82) is 0 Å². The molecule has 1 atom stereocenters. The van der Waals surface area contributed by atoms with Crippen LogP contribution in [0.4, 0.5) is 4.79 Å². The molecular formula is C13H25N3O4. The van der Waals surface area contributed by atoms with Gasteiger partial charge in [0.25, 0.3) is 0 Å². The van der Waals surface area contributed by atoms with Crippen molar-refractivity contribution in [2.45, 2.75) is 26.3 Å². The first kappa shape index (κ1) is 16.7. The Morgan fingerprint density at radius 3 is 2.50 bits per heavy atom. The standard InChI is InChI=1S/C13H25N3O4/c1-10(2)9-11(12(17)18)15-13(19)14-3-4-16-5-7-20-8-6-16/h10-11H,3-9H2,1-2H3,(H,17,18)(H2,14,15,19)/t11-/m1/s1. The number of hydrogen-bond donors (Lipinski definition) is 3. The van der Waals surface area contributed by atoms with Crippen molar-refractivity contribution in [3.63, 3.8) is 0 Å². The Bertz CT molecular complexity index is 317. The number of carbonyl (C=O) groups excluding carboxylic acids is 1. The SMILES string of the molecule is CC(C)C[C@@H](NC(=O)NCCN1CCOCC1)C(=O)O. The van der Waals surface area contributed by atoms with Crippen LogP contribution in [-0.4, -0.2) is 67.4 Å². The molecule has 1 aliphatic heterocycles. The van der Waals surface area contributed by atoms with Gasteiger partial charge >= 0.3 is 12.0 Å². The number of amides is 2. The molecule has 1 fully saturated rings. The number of rotatable bonds is 7. The first-order valence-electron chi connectivity index (χ1n) is 7.06. The van der Waals surface area contributed by atoms with Gasteiger partial charge in [-0.1, -0.05) is 13.8 Å². The van der Waals surface area contributed by atoms with Crippen molar-refractivity contribution in [2.75, 3.05) is 39.4 Å². The van der Waals surface area contributed by atoms with E-state index in [-0.39, 0.29) is 5.92 Å². The number of morpholine rings is 1. The summed E-state index contributed by atoms with van der Waals surface area (Å²) >= 11 is 0. The minimum absolute atomic E-state index is 0.213. The molecule has 0 aromatic carbocycles. The Balaban J connectivity index is 2.21. The zero-order valence-electron chi connectivity index (χ0n) is 12.2. The highest BCUT2D eigenvalue weighted by molar-refractivity contribution is 5.82. The second-order valence-electron chi connectivity index (χ2n) is 5.37. The number of aliphatic carboxylic acids is 1. The molecule has 0 bridgehead atoms. The third-order valence-electron chi connectivity index (χ3n) is 3.13. The van der Waals surface area contributed by atoms with E-state index in [1.807, 2.05) is 13.8 Å². The Kier molecular flexibility index (Phi) is 7.32. The maximum absolute atomic E-state index is 11.7. The molecule has 20 heavy (non-hydrogen) atoms. The Morgan fingerprint density at radius 2 is 1.95 bits per heavy atom. The second kappa shape index (κ2) is 8.76. The molecule has 2 amide bonds. The van der Waals surface area contributed by atoms with Gasteiger partial charge in [-0.2, -0.15) is 0 Å². The summed E-state index contributed by atoms with van der Waals surface area (Å²) < 4.78 is 5.24. The first-order valence-corrected chi connectivity index (χ1v) is 7.06. The summed E-state index contributed by atoms with van der Waals surface area (Å²) in [7, 11) is 0. The Labute approximate surface area is 119 Å². The zero-order valence-corrected chi connectivity index (χ0v) is 12.2. The summed E-state index contributed by atoms with van der Waals surface area (Å²) in [5, 5.41) is 14.2. The lowest BCUT2D eigenvalue weighted by Gasteiger charge is -2.26. The topological polar surface area (TPSA) is 90.9 Å². The number of urea groups is 1. The average molecular weight is 287 g/mol. The molecule has 7 nitrogen and oxygen atoms in total. The van der Waals surface area contributed by atoms with Crippen LogP contribution in [0.3, 0.4) is 0 Å². The van der Waals surface area contributed by atoms with E-state index in [2.05, 4.69) is 15.5 Å². The van der Waals surface area contributed by atoms with Gasteiger partial charge in [-0.25, -0.2) is 9.59 Å². The van der Waals surface area contributed by atoms with E-state index < -0.39 is 18.0 Å². The molecule has 0 aliphatic carbocycles. The summed E-state index contributed by atoms with van der Waals surface area (Å²) in [6.45, 7) is 8.28. The highest BCUT2D eigenvalue weighted by atomic mass is 16.5. The van der Waals surface area contributed by atoms with E-state index in [4.69, 9.17) is 9.84 Å². The van der Waals surface area contributed by atoms with Crippen molar-refractivity contribution < 1.29 is 19.4 Å². The summed E-state index contributed by atoms with van der Waals surface area (Å²) in [6, 6.07) is -1.26. The predicted octanol–water partition coefficient (Wildman–Crippen LogP) is 0.117. The van der Waals surface area contributed by atoms with Crippen molar-refractivity contribution in [2.24, 2.45) is 5.92 Å². The number of carboxylic acid groups (broad SMARTS) is 1. The zero-order chi connectivity index (χ0) is 15.0. The molecule has 0 radical (unpaired) electrons. The van der Waals surface area contributed by atoms with Crippen LogP contribution in [-0.2, 0) is 9.53 Å². The summed E-state index contributed by atoms with van der Waals surface area (Å²) in [6.07, 6.45) is 0.423. The lowest BCUT2D eigenvalue weighted by atomic mass is 10.0. The molecule has 7 heteroatoms. The number of carboxylic acids is 1. The summed E-state index contributed by atoms with van der Waals surface area (Å²) in [4.78, 5) is 24.9. The molecule has 1 aliphatic rings. The molecule has 3 N–H and O–H groups in total. The lowest BCUT2D eigenvalue weighted by molar-refractivity contribution is -0.139. The molecule has 0 saturated carbocycles. The number of nitrogens with one attached hydrogen (secondary N) is 2. The van der Waals surface area contributed by atoms with Gasteiger partial charge in [0.15, 0.2) is 0 Å². The highest BCUT2D eigenvalue weighted by Gasteiger charge is 2.20. The van der Waals surface area contributed by atoms with Gasteiger partial charge in [-0.3, -0.25) is 4.90 Å². The van der Waals surface area contributed by atoms with Crippen molar-refractivity contribution in [3.8, 4) is 0 Å². The molecule has 116 valence electrons. The van der Waals surface area contributed by atoms with E-state index in [0.717, 1.165) is 32.8 Å². The maximum atomic E-state index is 11.7. The molecular weight excluding hydrogens is 262 g/mol. The molecule has 1 saturated heterocycles. The van der Waals surface area contributed by atoms with Crippen LogP contribution in [0.25, 0.3) is 0 Å². The fraction of sp³-hybridized carbons (Fsp3) is 0.846. The van der Waals surface area contributed by atoms with Crippen LogP contribution < -0.4 is 10.6 Å². The third-order valence-corrected chi connectivity index (χ3v) is 3.13. The summed E-state index contributed by atoms with van der Waals surface area (Å²) in [5.41, 5.74) is 0. The fourth-order valence-corrected chi connectivity index (χ4v) is 2.05. The summed E-state index contributed by atoms with van der Waals surface area (Å²) in [5.74, 6) is -0.785. The van der Waals surface area contributed by atoms with Crippen LogP contribution in [0, 0.1) is 5.92 Å². The number of ether oxygens (including phenoxy) is 1. The van der Waals surface area contributed by atoms with Gasteiger partial charge in [-0.05, 0) is 12.3 Å². The Morgan fingerprint density at radius 1 is 1.30 bits per heavy atom. The van der Waals surface area contributed by atoms with Crippen LogP contribution in [0.5, 0.6) is 0 Å². The quantitative estimate of drug-likeness (QED) is 0.618. The normalized spacial score (nSPS) is 17.8. The number of nitrogens with zero attached hydrogens (tertiary/aromatic N) is 1. The van der Waals surface area contributed by atoms with E-state index in [9.17, 15) is 9.59 Å². The van der Waals surface area contributed by atoms with Gasteiger partial charge < -0.3 is 20.5 Å². The molecule has 0 unspecified atom stereocenters. The molecule has 1 heterocycles. The fourth-order valence-electron chi connectivity index (χ4n) is 2.05. The minimum atomic E-state index is -0.998. The van der Waals surface area contributed by atoms with Gasteiger partial charge in [0.2, 0.25) is 0 Å². The van der Waals surface area contributed by atoms with Gasteiger partial charge in [0, 0.05) is 26.2 Å². The van der Waals surface area contributed by atoms with Crippen molar-refractivity contribution >= 4 is 12.0 Å². The van der Waals surface area contributed by atoms with E-state index in [1.54, 1.807) is 0 Å². The third kappa shape index (κ3) is 6.72. The minimum Gasteiger partial charge on any atom is -0.480 e. The van der Waals surface area contributed by atoms with Gasteiger partial charge in [-0.15, -0.1) is 0 Å². The predicted molar refractivity (Wildman–Crippen MR) is 74.7 cm³/mol. The maximum Gasteiger partial charge on any atom is 0.326 e. The largest absolute Gasteiger partial charge is 0.480 e. The van der Waals surface area contributed by atoms with Crippen LogP contribution in [0.1, 0.15) is 20.3 Å². The smallest absolute Gasteiger partial charge is 0.326 e. The van der Waals surface area contributed by atoms with Gasteiger partial charge in [0.05, 0.1) is 13.2 Å². The Hall–Kier alpha value is -1.34. The van der Waals surface area contributed by atoms with Crippen LogP contribution in [0.15, 0.2) is 0 Å². The van der Waals surface area contributed by atoms with E-state index >= 15 is 0 Å². The molecule has 0 aromatic rings. The average Bonchev–Trinajstić information content (AvgIpc) is 2.38. The second-order valence-corrected chi connectivity index (χ2v) is 5.37. The highest BCUT2D eigenvalue weighted by Crippen LogP contribution is 2.04. The monoisotopic (exact) mass is 287 g/mol. The number of carbonyl (C=O) groups is 2.